The van der Waals surface area contributed by atoms with Gasteiger partial charge < -0.3 is 9.47 Å². The first-order chi connectivity index (χ1) is 12.2. The number of halogens is 1. The Hall–Kier alpha value is -3.02. The van der Waals surface area contributed by atoms with Crippen LogP contribution in [0.15, 0.2) is 42.6 Å². The molecule has 4 rings (SSSR count). The molecule has 0 aliphatic carbocycles. The van der Waals surface area contributed by atoms with Crippen LogP contribution in [0.5, 0.6) is 11.6 Å². The van der Waals surface area contributed by atoms with Gasteiger partial charge in [0, 0.05) is 12.0 Å². The van der Waals surface area contributed by atoms with Crippen molar-refractivity contribution in [1.82, 2.24) is 15.0 Å². The maximum absolute atomic E-state index is 13.2. The fourth-order valence-electron chi connectivity index (χ4n) is 2.64. The third-order valence-corrected chi connectivity index (χ3v) is 3.95. The summed E-state index contributed by atoms with van der Waals surface area (Å²) in [6.07, 6.45) is 2.42. The lowest BCUT2D eigenvalue weighted by Crippen LogP contribution is -2.00. The molecule has 3 aromatic rings. The second-order valence-electron chi connectivity index (χ2n) is 5.78. The molecular formula is C19H16FN3O2. The van der Waals surface area contributed by atoms with Gasteiger partial charge in [-0.3, -0.25) is 0 Å². The van der Waals surface area contributed by atoms with Crippen molar-refractivity contribution in [1.29, 1.82) is 0 Å². The third-order valence-electron chi connectivity index (χ3n) is 3.95. The van der Waals surface area contributed by atoms with E-state index in [0.29, 0.717) is 36.4 Å². The van der Waals surface area contributed by atoms with Crippen molar-refractivity contribution < 1.29 is 13.9 Å². The van der Waals surface area contributed by atoms with E-state index in [4.69, 9.17) is 9.47 Å². The highest BCUT2D eigenvalue weighted by Crippen LogP contribution is 2.30. The molecule has 3 heterocycles. The second-order valence-corrected chi connectivity index (χ2v) is 5.78. The van der Waals surface area contributed by atoms with Crippen LogP contribution in [0.1, 0.15) is 12.0 Å². The number of rotatable bonds is 2. The van der Waals surface area contributed by atoms with Gasteiger partial charge in [0.2, 0.25) is 0 Å². The van der Waals surface area contributed by atoms with Gasteiger partial charge in [-0.2, -0.15) is 4.98 Å². The van der Waals surface area contributed by atoms with E-state index >= 15 is 0 Å². The van der Waals surface area contributed by atoms with Crippen molar-refractivity contribution >= 4 is 0 Å². The van der Waals surface area contributed by atoms with Gasteiger partial charge in [0.05, 0.1) is 25.1 Å². The average Bonchev–Trinajstić information content (AvgIpc) is 2.88. The molecule has 0 radical (unpaired) electrons. The zero-order valence-corrected chi connectivity index (χ0v) is 13.7. The summed E-state index contributed by atoms with van der Waals surface area (Å²) in [4.78, 5) is 13.5. The van der Waals surface area contributed by atoms with E-state index in [-0.39, 0.29) is 5.82 Å². The molecule has 6 heteroatoms. The van der Waals surface area contributed by atoms with Crippen molar-refractivity contribution in [2.24, 2.45) is 0 Å². The molecule has 2 aromatic heterocycles. The molecule has 0 bridgehead atoms. The lowest BCUT2D eigenvalue weighted by molar-refractivity contribution is 0.293. The van der Waals surface area contributed by atoms with Gasteiger partial charge in [-0.25, -0.2) is 14.4 Å². The van der Waals surface area contributed by atoms with Crippen molar-refractivity contribution in [2.45, 2.75) is 13.3 Å². The van der Waals surface area contributed by atoms with Gasteiger partial charge in [0.1, 0.15) is 11.5 Å². The third kappa shape index (κ3) is 3.15. The van der Waals surface area contributed by atoms with E-state index in [2.05, 4.69) is 15.0 Å². The Labute approximate surface area is 144 Å². The Morgan fingerprint density at radius 1 is 0.960 bits per heavy atom. The molecule has 0 N–H and O–H groups in total. The summed E-state index contributed by atoms with van der Waals surface area (Å²) in [5.74, 6) is 1.18. The van der Waals surface area contributed by atoms with Crippen molar-refractivity contribution in [2.75, 3.05) is 13.2 Å². The van der Waals surface area contributed by atoms with E-state index < -0.39 is 0 Å². The van der Waals surface area contributed by atoms with E-state index in [1.165, 1.54) is 12.1 Å². The number of hydrogen-bond acceptors (Lipinski definition) is 5. The predicted octanol–water partition coefficient (Wildman–Crippen LogP) is 3.81. The molecule has 0 atom stereocenters. The molecule has 1 aromatic carbocycles. The lowest BCUT2D eigenvalue weighted by Gasteiger charge is -2.10. The van der Waals surface area contributed by atoms with Crippen LogP contribution in [-0.2, 0) is 0 Å². The number of nitrogens with zero attached hydrogens (tertiary/aromatic N) is 3. The Bertz CT molecular complexity index is 913. The lowest BCUT2D eigenvalue weighted by atomic mass is 10.1. The molecule has 5 nitrogen and oxygen atoms in total. The standard InChI is InChI=1S/C19H16FN3O2/c1-12-3-8-15(22-17(12)13-4-6-14(20)7-5-13)18-21-11-16-19(23-18)25-10-2-9-24-16/h3-8,11H,2,9-10H2,1H3. The second kappa shape index (κ2) is 6.47. The number of aryl methyl sites for hydroxylation is 1. The zero-order valence-electron chi connectivity index (χ0n) is 13.7. The van der Waals surface area contributed by atoms with Crippen LogP contribution in [0.25, 0.3) is 22.8 Å². The van der Waals surface area contributed by atoms with Crippen LogP contribution in [0, 0.1) is 12.7 Å². The van der Waals surface area contributed by atoms with Gasteiger partial charge in [-0.15, -0.1) is 0 Å². The topological polar surface area (TPSA) is 57.1 Å². The summed E-state index contributed by atoms with van der Waals surface area (Å²) in [6.45, 7) is 3.11. The number of fused-ring (bicyclic) bond motifs is 1. The van der Waals surface area contributed by atoms with Gasteiger partial charge in [0.15, 0.2) is 11.6 Å². The minimum atomic E-state index is -0.274. The summed E-state index contributed by atoms with van der Waals surface area (Å²) in [5, 5.41) is 0. The Morgan fingerprint density at radius 3 is 2.60 bits per heavy atom. The number of pyridine rings is 1. The highest BCUT2D eigenvalue weighted by molar-refractivity contribution is 5.66. The first kappa shape index (κ1) is 15.5. The fraction of sp³-hybridized carbons (Fsp3) is 0.211. The smallest absolute Gasteiger partial charge is 0.260 e. The summed E-state index contributed by atoms with van der Waals surface area (Å²) in [5.41, 5.74) is 3.23. The maximum atomic E-state index is 13.2. The number of hydrogen-bond donors (Lipinski definition) is 0. The Balaban J connectivity index is 1.75. The van der Waals surface area contributed by atoms with Gasteiger partial charge in [0.25, 0.3) is 5.88 Å². The molecule has 0 fully saturated rings. The Morgan fingerprint density at radius 2 is 1.76 bits per heavy atom. The van der Waals surface area contributed by atoms with Gasteiger partial charge in [-0.1, -0.05) is 6.07 Å². The number of aromatic nitrogens is 3. The quantitative estimate of drug-likeness (QED) is 0.712. The summed E-state index contributed by atoms with van der Waals surface area (Å²) in [7, 11) is 0. The van der Waals surface area contributed by atoms with E-state index in [9.17, 15) is 4.39 Å². The molecule has 25 heavy (non-hydrogen) atoms. The minimum Gasteiger partial charge on any atom is -0.487 e. The van der Waals surface area contributed by atoms with Gasteiger partial charge in [-0.05, 0) is 42.8 Å². The van der Waals surface area contributed by atoms with Gasteiger partial charge >= 0.3 is 0 Å². The molecule has 0 saturated heterocycles. The number of ether oxygens (including phenoxy) is 2. The van der Waals surface area contributed by atoms with Crippen LogP contribution >= 0.6 is 0 Å². The average molecular weight is 337 g/mol. The summed E-state index contributed by atoms with van der Waals surface area (Å²) in [6, 6.07) is 10.1. The van der Waals surface area contributed by atoms with E-state index in [1.807, 2.05) is 19.1 Å². The summed E-state index contributed by atoms with van der Waals surface area (Å²) >= 11 is 0. The molecule has 0 unspecified atom stereocenters. The van der Waals surface area contributed by atoms with Crippen LogP contribution < -0.4 is 9.47 Å². The molecule has 1 aliphatic heterocycles. The van der Waals surface area contributed by atoms with Crippen molar-refractivity contribution in [3.8, 4) is 34.4 Å². The molecule has 0 spiro atoms. The summed E-state index contributed by atoms with van der Waals surface area (Å²) < 4.78 is 24.3. The van der Waals surface area contributed by atoms with Crippen LogP contribution in [0.2, 0.25) is 0 Å². The van der Waals surface area contributed by atoms with Crippen molar-refractivity contribution in [3.05, 3.63) is 54.0 Å². The molecule has 1 aliphatic rings. The molecule has 0 saturated carbocycles. The van der Waals surface area contributed by atoms with Crippen LogP contribution in [-0.4, -0.2) is 28.2 Å². The zero-order chi connectivity index (χ0) is 17.2. The predicted molar refractivity (Wildman–Crippen MR) is 91.0 cm³/mol. The highest BCUT2D eigenvalue weighted by atomic mass is 19.1. The normalized spacial score (nSPS) is 13.4. The highest BCUT2D eigenvalue weighted by Gasteiger charge is 2.16. The Kier molecular flexibility index (Phi) is 4.01. The first-order valence-corrected chi connectivity index (χ1v) is 8.07. The van der Waals surface area contributed by atoms with E-state index in [0.717, 1.165) is 23.2 Å². The van der Waals surface area contributed by atoms with Crippen LogP contribution in [0.3, 0.4) is 0 Å². The monoisotopic (exact) mass is 337 g/mol. The fourth-order valence-corrected chi connectivity index (χ4v) is 2.64. The van der Waals surface area contributed by atoms with Crippen molar-refractivity contribution in [3.63, 3.8) is 0 Å². The molecule has 126 valence electrons. The molecule has 0 amide bonds. The van der Waals surface area contributed by atoms with E-state index in [1.54, 1.807) is 18.3 Å². The minimum absolute atomic E-state index is 0.274. The first-order valence-electron chi connectivity index (χ1n) is 8.07. The number of benzene rings is 1. The van der Waals surface area contributed by atoms with Crippen LogP contribution in [0.4, 0.5) is 4.39 Å². The maximum Gasteiger partial charge on any atom is 0.260 e. The largest absolute Gasteiger partial charge is 0.487 e. The SMILES string of the molecule is Cc1ccc(-c2ncc3c(n2)OCCCO3)nc1-c1ccc(F)cc1. The molecular weight excluding hydrogens is 321 g/mol.